The van der Waals surface area contributed by atoms with Crippen LogP contribution in [0, 0.1) is 5.92 Å². The number of guanidine groups is 1. The lowest BCUT2D eigenvalue weighted by Crippen LogP contribution is -2.45. The van der Waals surface area contributed by atoms with E-state index in [2.05, 4.69) is 42.9 Å². The number of rotatable bonds is 4. The molecule has 0 aromatic rings. The van der Waals surface area contributed by atoms with Gasteiger partial charge in [-0.2, -0.15) is 0 Å². The molecule has 0 radical (unpaired) electrons. The number of nitrogens with one attached hydrogen (secondary N) is 1. The van der Waals surface area contributed by atoms with Crippen molar-refractivity contribution < 1.29 is 0 Å². The molecule has 4 nitrogen and oxygen atoms in total. The Labute approximate surface area is 106 Å². The highest BCUT2D eigenvalue weighted by atomic mass is 15.2. The molecule has 3 N–H and O–H groups in total. The summed E-state index contributed by atoms with van der Waals surface area (Å²) in [6.45, 7) is 13.0. The quantitative estimate of drug-likeness (QED) is 0.577. The molecule has 1 heterocycles. The molecule has 1 aliphatic heterocycles. The Hall–Kier alpha value is -0.770. The van der Waals surface area contributed by atoms with Crippen LogP contribution in [0.5, 0.6) is 0 Å². The predicted molar refractivity (Wildman–Crippen MR) is 74.2 cm³/mol. The van der Waals surface area contributed by atoms with Crippen LogP contribution in [0.25, 0.3) is 0 Å². The van der Waals surface area contributed by atoms with E-state index in [0.717, 1.165) is 13.1 Å². The number of nitrogens with two attached hydrogens (primary N) is 1. The summed E-state index contributed by atoms with van der Waals surface area (Å²) in [5, 5.41) is 3.18. The van der Waals surface area contributed by atoms with Crippen LogP contribution in [0.15, 0.2) is 4.99 Å². The molecule has 1 saturated heterocycles. The average molecular weight is 240 g/mol. The third kappa shape index (κ3) is 6.51. The van der Waals surface area contributed by atoms with Crippen molar-refractivity contribution in [2.24, 2.45) is 16.6 Å². The molecule has 4 heteroatoms. The first-order valence-electron chi connectivity index (χ1n) is 6.67. The van der Waals surface area contributed by atoms with Crippen LogP contribution >= 0.6 is 0 Å². The first-order chi connectivity index (χ1) is 7.87. The highest BCUT2D eigenvalue weighted by Gasteiger charge is 2.14. The van der Waals surface area contributed by atoms with Gasteiger partial charge in [-0.1, -0.05) is 6.92 Å². The largest absolute Gasteiger partial charge is 0.370 e. The number of likely N-dealkylation sites (tertiary alicyclic amines) is 1. The third-order valence-electron chi connectivity index (χ3n) is 2.84. The van der Waals surface area contributed by atoms with Gasteiger partial charge >= 0.3 is 0 Å². The van der Waals surface area contributed by atoms with Gasteiger partial charge in [-0.3, -0.25) is 4.99 Å². The second kappa shape index (κ2) is 6.24. The van der Waals surface area contributed by atoms with Crippen molar-refractivity contribution in [2.75, 3.05) is 26.2 Å². The van der Waals surface area contributed by atoms with Crippen molar-refractivity contribution in [1.82, 2.24) is 10.2 Å². The molecule has 0 bridgehead atoms. The zero-order valence-electron chi connectivity index (χ0n) is 11.8. The van der Waals surface area contributed by atoms with Gasteiger partial charge in [0, 0.05) is 18.6 Å². The van der Waals surface area contributed by atoms with Crippen molar-refractivity contribution in [1.29, 1.82) is 0 Å². The van der Waals surface area contributed by atoms with Crippen molar-refractivity contribution in [3.8, 4) is 0 Å². The van der Waals surface area contributed by atoms with Gasteiger partial charge < -0.3 is 16.0 Å². The lowest BCUT2D eigenvalue weighted by atomic mass is 10.1. The lowest BCUT2D eigenvalue weighted by molar-refractivity contribution is 0.291. The van der Waals surface area contributed by atoms with Crippen molar-refractivity contribution in [3.63, 3.8) is 0 Å². The first kappa shape index (κ1) is 14.3. The molecule has 1 aliphatic rings. The van der Waals surface area contributed by atoms with Crippen LogP contribution in [0.4, 0.5) is 0 Å². The van der Waals surface area contributed by atoms with Crippen LogP contribution in [0.2, 0.25) is 0 Å². The molecule has 17 heavy (non-hydrogen) atoms. The fraction of sp³-hybridized carbons (Fsp3) is 0.923. The Kier molecular flexibility index (Phi) is 5.25. The van der Waals surface area contributed by atoms with E-state index in [4.69, 9.17) is 5.73 Å². The minimum absolute atomic E-state index is 0.00816. The second-order valence-electron chi connectivity index (χ2n) is 6.21. The highest BCUT2D eigenvalue weighted by Crippen LogP contribution is 2.10. The number of aliphatic imine (C=N–C) groups is 1. The van der Waals surface area contributed by atoms with Gasteiger partial charge in [0.25, 0.3) is 0 Å². The molecule has 0 aliphatic carbocycles. The summed E-state index contributed by atoms with van der Waals surface area (Å²) in [6.07, 6.45) is 2.70. The van der Waals surface area contributed by atoms with Crippen LogP contribution in [-0.2, 0) is 0 Å². The van der Waals surface area contributed by atoms with E-state index in [9.17, 15) is 0 Å². The van der Waals surface area contributed by atoms with E-state index in [1.807, 2.05) is 0 Å². The van der Waals surface area contributed by atoms with Gasteiger partial charge in [-0.25, -0.2) is 0 Å². The van der Waals surface area contributed by atoms with Crippen LogP contribution in [-0.4, -0.2) is 42.6 Å². The monoisotopic (exact) mass is 240 g/mol. The maximum atomic E-state index is 5.84. The lowest BCUT2D eigenvalue weighted by Gasteiger charge is -2.22. The van der Waals surface area contributed by atoms with Gasteiger partial charge in [0.2, 0.25) is 0 Å². The molecule has 100 valence electrons. The van der Waals surface area contributed by atoms with Gasteiger partial charge in [-0.15, -0.1) is 0 Å². The molecular formula is C13H28N4. The summed E-state index contributed by atoms with van der Waals surface area (Å²) < 4.78 is 0. The summed E-state index contributed by atoms with van der Waals surface area (Å²) in [5.41, 5.74) is 5.83. The Bertz CT molecular complexity index is 249. The SMILES string of the molecule is CC(CN=C(N)NC(C)(C)C)CN1CCCC1. The minimum Gasteiger partial charge on any atom is -0.370 e. The highest BCUT2D eigenvalue weighted by molar-refractivity contribution is 5.78. The van der Waals surface area contributed by atoms with E-state index in [1.54, 1.807) is 0 Å². The zero-order valence-corrected chi connectivity index (χ0v) is 11.8. The molecular weight excluding hydrogens is 212 g/mol. The third-order valence-corrected chi connectivity index (χ3v) is 2.84. The van der Waals surface area contributed by atoms with Crippen molar-refractivity contribution >= 4 is 5.96 Å². The standard InChI is InChI=1S/C13H28N4/c1-11(10-17-7-5-6-8-17)9-15-12(14)16-13(2,3)4/h11H,5-10H2,1-4H3,(H3,14,15,16). The molecule has 0 aromatic carbocycles. The molecule has 1 fully saturated rings. The molecule has 1 rings (SSSR count). The normalized spacial score (nSPS) is 20.6. The maximum absolute atomic E-state index is 5.84. The van der Waals surface area contributed by atoms with Gasteiger partial charge in [-0.05, 0) is 52.6 Å². The smallest absolute Gasteiger partial charge is 0.188 e. The van der Waals surface area contributed by atoms with E-state index >= 15 is 0 Å². The Morgan fingerprint density at radius 3 is 2.47 bits per heavy atom. The van der Waals surface area contributed by atoms with Crippen LogP contribution < -0.4 is 11.1 Å². The Morgan fingerprint density at radius 1 is 1.35 bits per heavy atom. The number of nitrogens with zero attached hydrogens (tertiary/aromatic N) is 2. The van der Waals surface area contributed by atoms with E-state index in [0.29, 0.717) is 11.9 Å². The van der Waals surface area contributed by atoms with Gasteiger partial charge in [0.05, 0.1) is 0 Å². The summed E-state index contributed by atoms with van der Waals surface area (Å²) in [5.74, 6) is 1.14. The van der Waals surface area contributed by atoms with E-state index < -0.39 is 0 Å². The fourth-order valence-corrected chi connectivity index (χ4v) is 2.14. The van der Waals surface area contributed by atoms with Crippen LogP contribution in [0.1, 0.15) is 40.5 Å². The first-order valence-corrected chi connectivity index (χ1v) is 6.67. The molecule has 1 atom stereocenters. The zero-order chi connectivity index (χ0) is 12.9. The average Bonchev–Trinajstić information content (AvgIpc) is 2.64. The topological polar surface area (TPSA) is 53.6 Å². The van der Waals surface area contributed by atoms with Crippen molar-refractivity contribution in [3.05, 3.63) is 0 Å². The number of hydrogen-bond donors (Lipinski definition) is 2. The molecule has 0 aromatic heterocycles. The van der Waals surface area contributed by atoms with Gasteiger partial charge in [0.1, 0.15) is 0 Å². The summed E-state index contributed by atoms with van der Waals surface area (Å²) in [7, 11) is 0. The number of hydrogen-bond acceptors (Lipinski definition) is 2. The predicted octanol–water partition coefficient (Wildman–Crippen LogP) is 1.42. The molecule has 0 saturated carbocycles. The fourth-order valence-electron chi connectivity index (χ4n) is 2.14. The van der Waals surface area contributed by atoms with E-state index in [-0.39, 0.29) is 5.54 Å². The maximum Gasteiger partial charge on any atom is 0.188 e. The summed E-state index contributed by atoms with van der Waals surface area (Å²) in [6, 6.07) is 0. The van der Waals surface area contributed by atoms with Crippen LogP contribution in [0.3, 0.4) is 0 Å². The molecule has 1 unspecified atom stereocenters. The van der Waals surface area contributed by atoms with Gasteiger partial charge in [0.15, 0.2) is 5.96 Å². The van der Waals surface area contributed by atoms with E-state index in [1.165, 1.54) is 25.9 Å². The molecule has 0 spiro atoms. The Balaban J connectivity index is 2.25. The summed E-state index contributed by atoms with van der Waals surface area (Å²) in [4.78, 5) is 6.93. The van der Waals surface area contributed by atoms with Crippen molar-refractivity contribution in [2.45, 2.75) is 46.1 Å². The minimum atomic E-state index is -0.00816. The molecule has 0 amide bonds. The Morgan fingerprint density at radius 2 is 1.94 bits per heavy atom. The summed E-state index contributed by atoms with van der Waals surface area (Å²) >= 11 is 0. The second-order valence-corrected chi connectivity index (χ2v) is 6.21.